The summed E-state index contributed by atoms with van der Waals surface area (Å²) in [5.41, 5.74) is 3.22. The lowest BCUT2D eigenvalue weighted by atomic mass is 9.78. The first-order chi connectivity index (χ1) is 16.1. The van der Waals surface area contributed by atoms with Gasteiger partial charge in [-0.05, 0) is 36.5 Å². The summed E-state index contributed by atoms with van der Waals surface area (Å²) in [5, 5.41) is 4.22. The second-order valence-corrected chi connectivity index (χ2v) is 9.42. The molecular formula is C27H36N4O3. The van der Waals surface area contributed by atoms with Crippen molar-refractivity contribution in [3.63, 3.8) is 0 Å². The normalized spacial score (nSPS) is 12.4. The summed E-state index contributed by atoms with van der Waals surface area (Å²) in [6.07, 6.45) is 2.56. The maximum absolute atomic E-state index is 12.8. The average molecular weight is 465 g/mol. The van der Waals surface area contributed by atoms with E-state index in [1.54, 1.807) is 26.0 Å². The topological polar surface area (TPSA) is 76.6 Å². The molecule has 0 saturated carbocycles. The molecule has 34 heavy (non-hydrogen) atoms. The smallest absolute Gasteiger partial charge is 0.223 e. The number of hydrogen-bond donors (Lipinski definition) is 1. The summed E-state index contributed by atoms with van der Waals surface area (Å²) >= 11 is 0. The molecule has 1 aromatic heterocycles. The van der Waals surface area contributed by atoms with E-state index in [9.17, 15) is 4.79 Å². The predicted molar refractivity (Wildman–Crippen MR) is 138 cm³/mol. The lowest BCUT2D eigenvalue weighted by Crippen LogP contribution is -2.40. The SMILES string of the molecule is CCC(C)C(C)(C)CN(C(C)=O)c1cc2c(Nc3cccc(OC)c3C)ncnc2cc1OC. The molecule has 0 spiro atoms. The molecule has 0 saturated heterocycles. The molecule has 3 aromatic rings. The van der Waals surface area contributed by atoms with E-state index in [-0.39, 0.29) is 11.3 Å². The summed E-state index contributed by atoms with van der Waals surface area (Å²) in [4.78, 5) is 23.6. The Kier molecular flexibility index (Phi) is 7.64. The number of hydrogen-bond acceptors (Lipinski definition) is 6. The molecule has 1 amide bonds. The number of carbonyl (C=O) groups is 1. The van der Waals surface area contributed by atoms with E-state index in [1.807, 2.05) is 37.3 Å². The van der Waals surface area contributed by atoms with Crippen LogP contribution in [0.4, 0.5) is 17.2 Å². The van der Waals surface area contributed by atoms with Gasteiger partial charge in [-0.2, -0.15) is 0 Å². The number of carbonyl (C=O) groups excluding carboxylic acids is 1. The Hall–Kier alpha value is -3.35. The zero-order valence-electron chi connectivity index (χ0n) is 21.5. The van der Waals surface area contributed by atoms with E-state index in [1.165, 1.54) is 6.33 Å². The molecule has 182 valence electrons. The third-order valence-corrected chi connectivity index (χ3v) is 6.88. The van der Waals surface area contributed by atoms with Gasteiger partial charge in [-0.3, -0.25) is 4.79 Å². The van der Waals surface area contributed by atoms with E-state index in [0.717, 1.165) is 34.3 Å². The lowest BCUT2D eigenvalue weighted by Gasteiger charge is -2.37. The Morgan fingerprint density at radius 2 is 1.85 bits per heavy atom. The molecule has 7 heteroatoms. The highest BCUT2D eigenvalue weighted by molar-refractivity contribution is 6.00. The van der Waals surface area contributed by atoms with Crippen LogP contribution in [0.15, 0.2) is 36.7 Å². The first kappa shape index (κ1) is 25.3. The molecule has 1 atom stereocenters. The number of nitrogens with one attached hydrogen (secondary N) is 1. The number of methoxy groups -OCH3 is 2. The molecule has 0 bridgehead atoms. The van der Waals surface area contributed by atoms with Crippen molar-refractivity contribution in [2.75, 3.05) is 31.0 Å². The maximum Gasteiger partial charge on any atom is 0.223 e. The van der Waals surface area contributed by atoms with E-state index < -0.39 is 0 Å². The second kappa shape index (κ2) is 10.3. The largest absolute Gasteiger partial charge is 0.496 e. The summed E-state index contributed by atoms with van der Waals surface area (Å²) in [6.45, 7) is 13.0. The van der Waals surface area contributed by atoms with Gasteiger partial charge in [-0.15, -0.1) is 0 Å². The van der Waals surface area contributed by atoms with Crippen molar-refractivity contribution < 1.29 is 14.3 Å². The molecule has 0 aliphatic rings. The van der Waals surface area contributed by atoms with Gasteiger partial charge in [-0.25, -0.2) is 9.97 Å². The van der Waals surface area contributed by atoms with Crippen molar-refractivity contribution in [1.82, 2.24) is 9.97 Å². The Bertz CT molecular complexity index is 1180. The molecule has 1 unspecified atom stereocenters. The number of amides is 1. The average Bonchev–Trinajstić information content (AvgIpc) is 2.82. The number of fused-ring (bicyclic) bond motifs is 1. The summed E-state index contributed by atoms with van der Waals surface area (Å²) < 4.78 is 11.2. The number of ether oxygens (including phenoxy) is 2. The molecule has 0 aliphatic carbocycles. The highest BCUT2D eigenvalue weighted by Gasteiger charge is 2.30. The maximum atomic E-state index is 12.8. The monoisotopic (exact) mass is 464 g/mol. The summed E-state index contributed by atoms with van der Waals surface area (Å²) in [7, 11) is 3.27. The van der Waals surface area contributed by atoms with E-state index in [2.05, 4.69) is 43.0 Å². The summed E-state index contributed by atoms with van der Waals surface area (Å²) in [6, 6.07) is 9.64. The number of anilines is 3. The Labute approximate surface area is 202 Å². The first-order valence-corrected chi connectivity index (χ1v) is 11.6. The van der Waals surface area contributed by atoms with Gasteiger partial charge in [0, 0.05) is 36.2 Å². The van der Waals surface area contributed by atoms with Crippen LogP contribution >= 0.6 is 0 Å². The van der Waals surface area contributed by atoms with Crippen LogP contribution in [0.1, 0.15) is 46.6 Å². The van der Waals surface area contributed by atoms with Crippen molar-refractivity contribution in [3.05, 3.63) is 42.2 Å². The fourth-order valence-corrected chi connectivity index (χ4v) is 4.13. The van der Waals surface area contributed by atoms with Crippen molar-refractivity contribution in [3.8, 4) is 11.5 Å². The van der Waals surface area contributed by atoms with Crippen LogP contribution in [0.25, 0.3) is 10.9 Å². The van der Waals surface area contributed by atoms with Crippen molar-refractivity contribution in [2.45, 2.75) is 48.0 Å². The van der Waals surface area contributed by atoms with Gasteiger partial charge < -0.3 is 19.7 Å². The van der Waals surface area contributed by atoms with Gasteiger partial charge in [0.2, 0.25) is 5.91 Å². The number of benzene rings is 2. The fraction of sp³-hybridized carbons (Fsp3) is 0.444. The third kappa shape index (κ3) is 5.08. The molecule has 0 aliphatic heterocycles. The van der Waals surface area contributed by atoms with Crippen LogP contribution in [0.5, 0.6) is 11.5 Å². The highest BCUT2D eigenvalue weighted by atomic mass is 16.5. The van der Waals surface area contributed by atoms with Crippen molar-refractivity contribution in [2.24, 2.45) is 11.3 Å². The molecule has 1 N–H and O–H groups in total. The second-order valence-electron chi connectivity index (χ2n) is 9.42. The molecule has 3 rings (SSSR count). The fourth-order valence-electron chi connectivity index (χ4n) is 4.13. The van der Waals surface area contributed by atoms with Crippen LogP contribution < -0.4 is 19.7 Å². The molecule has 0 fully saturated rings. The zero-order valence-corrected chi connectivity index (χ0v) is 21.5. The van der Waals surface area contributed by atoms with Crippen molar-refractivity contribution in [1.29, 1.82) is 0 Å². The minimum atomic E-state index is -0.0770. The van der Waals surface area contributed by atoms with Crippen LogP contribution in [0, 0.1) is 18.3 Å². The first-order valence-electron chi connectivity index (χ1n) is 11.6. The van der Waals surface area contributed by atoms with Crippen LogP contribution in [0.2, 0.25) is 0 Å². The Balaban J connectivity index is 2.13. The van der Waals surface area contributed by atoms with Crippen LogP contribution in [-0.4, -0.2) is 36.6 Å². The summed E-state index contributed by atoms with van der Waals surface area (Å²) in [5.74, 6) is 2.45. The molecule has 1 heterocycles. The van der Waals surface area contributed by atoms with Crippen LogP contribution in [-0.2, 0) is 4.79 Å². The Morgan fingerprint density at radius 3 is 2.47 bits per heavy atom. The highest BCUT2D eigenvalue weighted by Crippen LogP contribution is 2.39. The predicted octanol–water partition coefficient (Wildman–Crippen LogP) is 6.12. The number of rotatable bonds is 9. The number of nitrogens with zero attached hydrogens (tertiary/aromatic N) is 3. The molecular weight excluding hydrogens is 428 g/mol. The van der Waals surface area contributed by atoms with Gasteiger partial charge in [0.15, 0.2) is 0 Å². The molecule has 0 radical (unpaired) electrons. The number of aromatic nitrogens is 2. The van der Waals surface area contributed by atoms with Gasteiger partial charge in [0.1, 0.15) is 23.6 Å². The Morgan fingerprint density at radius 1 is 1.15 bits per heavy atom. The third-order valence-electron chi connectivity index (χ3n) is 6.88. The van der Waals surface area contributed by atoms with E-state index in [0.29, 0.717) is 29.7 Å². The zero-order chi connectivity index (χ0) is 25.0. The van der Waals surface area contributed by atoms with Crippen molar-refractivity contribution >= 4 is 34.0 Å². The van der Waals surface area contributed by atoms with E-state index >= 15 is 0 Å². The minimum absolute atomic E-state index is 0.0379. The van der Waals surface area contributed by atoms with Gasteiger partial charge in [0.25, 0.3) is 0 Å². The van der Waals surface area contributed by atoms with Gasteiger partial charge in [-0.1, -0.05) is 40.2 Å². The minimum Gasteiger partial charge on any atom is -0.496 e. The van der Waals surface area contributed by atoms with Gasteiger partial charge >= 0.3 is 0 Å². The standard InChI is InChI=1S/C27H36N4O3/c1-9-17(2)27(5,6)15-31(19(4)32)23-13-20-22(14-25(23)34-8)28-16-29-26(20)30-21-11-10-12-24(33-7)18(21)3/h10-14,16-17H,9,15H2,1-8H3,(H,28,29,30). The van der Waals surface area contributed by atoms with Crippen LogP contribution in [0.3, 0.4) is 0 Å². The molecule has 7 nitrogen and oxygen atoms in total. The lowest BCUT2D eigenvalue weighted by molar-refractivity contribution is -0.117. The molecule has 2 aromatic carbocycles. The van der Waals surface area contributed by atoms with Gasteiger partial charge in [0.05, 0.1) is 25.4 Å². The quantitative estimate of drug-likeness (QED) is 0.411. The van der Waals surface area contributed by atoms with E-state index in [4.69, 9.17) is 9.47 Å².